The second kappa shape index (κ2) is 5.40. The third kappa shape index (κ3) is 2.79. The summed E-state index contributed by atoms with van der Waals surface area (Å²) in [5.74, 6) is 0.530. The molecule has 0 saturated heterocycles. The lowest BCUT2D eigenvalue weighted by atomic mass is 10.2. The van der Waals surface area contributed by atoms with Gasteiger partial charge in [0.1, 0.15) is 5.52 Å². The average Bonchev–Trinajstić information content (AvgIpc) is 2.91. The molecule has 0 spiro atoms. The zero-order valence-electron chi connectivity index (χ0n) is 12.0. The molecule has 0 saturated carbocycles. The van der Waals surface area contributed by atoms with Crippen LogP contribution in [-0.4, -0.2) is 10.9 Å². The number of aryl methyl sites for hydroxylation is 2. The van der Waals surface area contributed by atoms with E-state index in [1.807, 2.05) is 38.1 Å². The highest BCUT2D eigenvalue weighted by Gasteiger charge is 2.10. The predicted molar refractivity (Wildman–Crippen MR) is 82.5 cm³/mol. The standard InChI is InChI=1S/C17H16N2O2/c1-3-16-19-14-10-12(6-9-15(14)21-16)17(20)18-13-7-4-11(2)5-8-13/h4-10H,3H2,1-2H3,(H,18,20). The second-order valence-electron chi connectivity index (χ2n) is 4.96. The van der Waals surface area contributed by atoms with Crippen LogP contribution in [0.3, 0.4) is 0 Å². The van der Waals surface area contributed by atoms with Gasteiger partial charge < -0.3 is 9.73 Å². The van der Waals surface area contributed by atoms with E-state index in [1.54, 1.807) is 18.2 Å². The van der Waals surface area contributed by atoms with Crippen molar-refractivity contribution < 1.29 is 9.21 Å². The van der Waals surface area contributed by atoms with E-state index in [9.17, 15) is 4.79 Å². The smallest absolute Gasteiger partial charge is 0.255 e. The average molecular weight is 280 g/mol. The summed E-state index contributed by atoms with van der Waals surface area (Å²) >= 11 is 0. The van der Waals surface area contributed by atoms with E-state index < -0.39 is 0 Å². The summed E-state index contributed by atoms with van der Waals surface area (Å²) in [7, 11) is 0. The van der Waals surface area contributed by atoms with Gasteiger partial charge in [0, 0.05) is 17.7 Å². The van der Waals surface area contributed by atoms with Crippen LogP contribution in [0.1, 0.15) is 28.7 Å². The molecule has 1 heterocycles. The number of carbonyl (C=O) groups excluding carboxylic acids is 1. The van der Waals surface area contributed by atoms with Gasteiger partial charge in [-0.1, -0.05) is 24.6 Å². The van der Waals surface area contributed by atoms with E-state index >= 15 is 0 Å². The topological polar surface area (TPSA) is 55.1 Å². The Kier molecular flexibility index (Phi) is 3.44. The summed E-state index contributed by atoms with van der Waals surface area (Å²) in [6.07, 6.45) is 0.736. The van der Waals surface area contributed by atoms with Crippen LogP contribution in [0.5, 0.6) is 0 Å². The molecule has 0 bridgehead atoms. The lowest BCUT2D eigenvalue weighted by molar-refractivity contribution is 0.102. The number of benzene rings is 2. The lowest BCUT2D eigenvalue weighted by Crippen LogP contribution is -2.11. The maximum atomic E-state index is 12.2. The van der Waals surface area contributed by atoms with Crippen molar-refractivity contribution in [3.63, 3.8) is 0 Å². The zero-order valence-corrected chi connectivity index (χ0v) is 12.0. The number of amides is 1. The van der Waals surface area contributed by atoms with Crippen molar-refractivity contribution in [1.29, 1.82) is 0 Å². The third-order valence-corrected chi connectivity index (χ3v) is 3.31. The molecule has 1 amide bonds. The van der Waals surface area contributed by atoms with Crippen molar-refractivity contribution in [2.45, 2.75) is 20.3 Å². The molecule has 4 heteroatoms. The molecule has 0 aliphatic heterocycles. The monoisotopic (exact) mass is 280 g/mol. The fourth-order valence-electron chi connectivity index (χ4n) is 2.11. The molecule has 0 fully saturated rings. The van der Waals surface area contributed by atoms with Crippen molar-refractivity contribution in [3.05, 3.63) is 59.5 Å². The van der Waals surface area contributed by atoms with Crippen LogP contribution in [0.25, 0.3) is 11.1 Å². The number of nitrogens with zero attached hydrogens (tertiary/aromatic N) is 1. The summed E-state index contributed by atoms with van der Waals surface area (Å²) in [5, 5.41) is 2.87. The molecule has 0 unspecified atom stereocenters. The fourth-order valence-corrected chi connectivity index (χ4v) is 2.11. The van der Waals surface area contributed by atoms with Gasteiger partial charge in [-0.3, -0.25) is 4.79 Å². The minimum atomic E-state index is -0.151. The minimum Gasteiger partial charge on any atom is -0.441 e. The van der Waals surface area contributed by atoms with E-state index in [0.29, 0.717) is 22.6 Å². The number of anilines is 1. The number of rotatable bonds is 3. The Bertz CT molecular complexity index is 788. The summed E-state index contributed by atoms with van der Waals surface area (Å²) in [6.45, 7) is 3.99. The van der Waals surface area contributed by atoms with Crippen LogP contribution >= 0.6 is 0 Å². The van der Waals surface area contributed by atoms with Crippen LogP contribution in [-0.2, 0) is 6.42 Å². The zero-order chi connectivity index (χ0) is 14.8. The highest BCUT2D eigenvalue weighted by atomic mass is 16.3. The van der Waals surface area contributed by atoms with Gasteiger partial charge in [0.2, 0.25) is 0 Å². The van der Waals surface area contributed by atoms with E-state index in [2.05, 4.69) is 10.3 Å². The maximum absolute atomic E-state index is 12.2. The van der Waals surface area contributed by atoms with E-state index in [1.165, 1.54) is 0 Å². The van der Waals surface area contributed by atoms with Gasteiger partial charge in [-0.05, 0) is 37.3 Å². The number of nitrogens with one attached hydrogen (secondary N) is 1. The Balaban J connectivity index is 1.85. The number of carbonyl (C=O) groups is 1. The van der Waals surface area contributed by atoms with E-state index in [-0.39, 0.29) is 5.91 Å². The van der Waals surface area contributed by atoms with Gasteiger partial charge in [0.05, 0.1) is 0 Å². The predicted octanol–water partition coefficient (Wildman–Crippen LogP) is 3.95. The summed E-state index contributed by atoms with van der Waals surface area (Å²) in [5.41, 5.74) is 3.92. The first-order valence-electron chi connectivity index (χ1n) is 6.93. The summed E-state index contributed by atoms with van der Waals surface area (Å²) in [6, 6.07) is 13.0. The molecule has 3 aromatic rings. The Morgan fingerprint density at radius 2 is 1.95 bits per heavy atom. The maximum Gasteiger partial charge on any atom is 0.255 e. The van der Waals surface area contributed by atoms with Crippen molar-refractivity contribution in [2.75, 3.05) is 5.32 Å². The van der Waals surface area contributed by atoms with Gasteiger partial charge in [-0.25, -0.2) is 4.98 Å². The largest absolute Gasteiger partial charge is 0.441 e. The van der Waals surface area contributed by atoms with Gasteiger partial charge in [-0.15, -0.1) is 0 Å². The molecule has 106 valence electrons. The molecular formula is C17H16N2O2. The normalized spacial score (nSPS) is 10.8. The number of fused-ring (bicyclic) bond motifs is 1. The SMILES string of the molecule is CCc1nc2cc(C(=O)Nc3ccc(C)cc3)ccc2o1. The number of hydrogen-bond acceptors (Lipinski definition) is 3. The molecule has 1 aromatic heterocycles. The van der Waals surface area contributed by atoms with Gasteiger partial charge in [0.15, 0.2) is 11.5 Å². The van der Waals surface area contributed by atoms with Crippen LogP contribution in [0, 0.1) is 6.92 Å². The molecule has 1 N–H and O–H groups in total. The minimum absolute atomic E-state index is 0.151. The van der Waals surface area contributed by atoms with Crippen LogP contribution in [0.4, 0.5) is 5.69 Å². The molecule has 0 radical (unpaired) electrons. The van der Waals surface area contributed by atoms with Crippen LogP contribution in [0.15, 0.2) is 46.9 Å². The van der Waals surface area contributed by atoms with Crippen molar-refractivity contribution in [1.82, 2.24) is 4.98 Å². The van der Waals surface area contributed by atoms with Gasteiger partial charge in [-0.2, -0.15) is 0 Å². The third-order valence-electron chi connectivity index (χ3n) is 3.31. The quantitative estimate of drug-likeness (QED) is 0.790. The van der Waals surface area contributed by atoms with Crippen LogP contribution in [0.2, 0.25) is 0 Å². The van der Waals surface area contributed by atoms with Crippen molar-refractivity contribution in [3.8, 4) is 0 Å². The Labute approximate surface area is 122 Å². The Morgan fingerprint density at radius 3 is 2.67 bits per heavy atom. The highest BCUT2D eigenvalue weighted by molar-refractivity contribution is 6.05. The van der Waals surface area contributed by atoms with Gasteiger partial charge in [0.25, 0.3) is 5.91 Å². The second-order valence-corrected chi connectivity index (χ2v) is 4.96. The summed E-state index contributed by atoms with van der Waals surface area (Å²) < 4.78 is 5.54. The number of hydrogen-bond donors (Lipinski definition) is 1. The molecule has 0 aliphatic rings. The molecule has 0 atom stereocenters. The molecule has 0 aliphatic carbocycles. The number of aromatic nitrogens is 1. The van der Waals surface area contributed by atoms with Crippen molar-refractivity contribution >= 4 is 22.7 Å². The highest BCUT2D eigenvalue weighted by Crippen LogP contribution is 2.18. The molecular weight excluding hydrogens is 264 g/mol. The van der Waals surface area contributed by atoms with Crippen molar-refractivity contribution in [2.24, 2.45) is 0 Å². The first-order chi connectivity index (χ1) is 10.2. The Morgan fingerprint density at radius 1 is 1.19 bits per heavy atom. The fraction of sp³-hybridized carbons (Fsp3) is 0.176. The Hall–Kier alpha value is -2.62. The van der Waals surface area contributed by atoms with E-state index in [0.717, 1.165) is 17.7 Å². The molecule has 4 nitrogen and oxygen atoms in total. The molecule has 3 rings (SSSR count). The lowest BCUT2D eigenvalue weighted by Gasteiger charge is -2.05. The summed E-state index contributed by atoms with van der Waals surface area (Å²) in [4.78, 5) is 16.6. The molecule has 21 heavy (non-hydrogen) atoms. The van der Waals surface area contributed by atoms with Gasteiger partial charge >= 0.3 is 0 Å². The number of oxazole rings is 1. The van der Waals surface area contributed by atoms with E-state index in [4.69, 9.17) is 4.42 Å². The first kappa shape index (κ1) is 13.4. The first-order valence-corrected chi connectivity index (χ1v) is 6.93. The molecule has 2 aromatic carbocycles. The van der Waals surface area contributed by atoms with Crippen LogP contribution < -0.4 is 5.32 Å².